The molecule has 106 valence electrons. The molecule has 0 aliphatic heterocycles. The van der Waals surface area contributed by atoms with Crippen LogP contribution >= 0.6 is 15.9 Å². The second kappa shape index (κ2) is 7.36. The second-order valence-electron chi connectivity index (χ2n) is 4.21. The summed E-state index contributed by atoms with van der Waals surface area (Å²) < 4.78 is 32.0. The number of nitrogens with one attached hydrogen (secondary N) is 1. The molecule has 0 saturated carbocycles. The van der Waals surface area contributed by atoms with Crippen LogP contribution < -0.4 is 10.1 Å². The Labute approximate surface area is 124 Å². The molecular weight excluding hydrogens is 328 g/mol. The monoisotopic (exact) mass is 341 g/mol. The van der Waals surface area contributed by atoms with E-state index in [4.69, 9.17) is 4.74 Å². The first-order valence-electron chi connectivity index (χ1n) is 6.19. The van der Waals surface area contributed by atoms with Crippen LogP contribution in [-0.4, -0.2) is 13.2 Å². The second-order valence-corrected chi connectivity index (χ2v) is 5.06. The molecule has 0 unspecified atom stereocenters. The summed E-state index contributed by atoms with van der Waals surface area (Å²) in [5.74, 6) is -1.31. The van der Waals surface area contributed by atoms with E-state index in [-0.39, 0.29) is 10.2 Å². The van der Waals surface area contributed by atoms with Gasteiger partial charge in [-0.05, 0) is 27.6 Å². The third-order valence-electron chi connectivity index (χ3n) is 2.66. The summed E-state index contributed by atoms with van der Waals surface area (Å²) in [6.07, 6.45) is 0. The van der Waals surface area contributed by atoms with E-state index in [2.05, 4.69) is 21.2 Å². The standard InChI is InChI=1S/C15H14BrF2NO/c16-13-8-12(17)9-14(18)15(13)20-7-6-19-10-11-4-2-1-3-5-11/h1-5,8-9,19H,6-7,10H2. The fourth-order valence-electron chi connectivity index (χ4n) is 1.72. The van der Waals surface area contributed by atoms with Crippen LogP contribution in [0, 0.1) is 11.6 Å². The predicted octanol–water partition coefficient (Wildman–Crippen LogP) is 3.90. The molecule has 2 aromatic rings. The number of halogens is 3. The van der Waals surface area contributed by atoms with Gasteiger partial charge < -0.3 is 10.1 Å². The Morgan fingerprint density at radius 3 is 2.55 bits per heavy atom. The predicted molar refractivity (Wildman–Crippen MR) is 77.7 cm³/mol. The molecule has 20 heavy (non-hydrogen) atoms. The van der Waals surface area contributed by atoms with Crippen molar-refractivity contribution in [2.75, 3.05) is 13.2 Å². The molecule has 0 amide bonds. The van der Waals surface area contributed by atoms with Crippen molar-refractivity contribution in [2.24, 2.45) is 0 Å². The highest BCUT2D eigenvalue weighted by atomic mass is 79.9. The van der Waals surface area contributed by atoms with Gasteiger partial charge in [-0.15, -0.1) is 0 Å². The lowest BCUT2D eigenvalue weighted by molar-refractivity contribution is 0.295. The maximum atomic E-state index is 13.5. The van der Waals surface area contributed by atoms with Crippen molar-refractivity contribution in [1.29, 1.82) is 0 Å². The van der Waals surface area contributed by atoms with Gasteiger partial charge in [0.1, 0.15) is 12.4 Å². The van der Waals surface area contributed by atoms with Gasteiger partial charge in [0.15, 0.2) is 11.6 Å². The molecule has 0 aromatic heterocycles. The lowest BCUT2D eigenvalue weighted by Crippen LogP contribution is -2.20. The van der Waals surface area contributed by atoms with Gasteiger partial charge in [0, 0.05) is 19.2 Å². The third-order valence-corrected chi connectivity index (χ3v) is 3.25. The Morgan fingerprint density at radius 1 is 1.10 bits per heavy atom. The van der Waals surface area contributed by atoms with Gasteiger partial charge in [-0.1, -0.05) is 30.3 Å². The van der Waals surface area contributed by atoms with E-state index in [9.17, 15) is 8.78 Å². The zero-order chi connectivity index (χ0) is 14.4. The van der Waals surface area contributed by atoms with Gasteiger partial charge in [0.05, 0.1) is 4.47 Å². The average Bonchev–Trinajstić information content (AvgIpc) is 2.42. The molecule has 1 N–H and O–H groups in total. The average molecular weight is 342 g/mol. The fourth-order valence-corrected chi connectivity index (χ4v) is 2.24. The summed E-state index contributed by atoms with van der Waals surface area (Å²) in [4.78, 5) is 0. The van der Waals surface area contributed by atoms with E-state index < -0.39 is 11.6 Å². The van der Waals surface area contributed by atoms with Crippen molar-refractivity contribution in [3.05, 3.63) is 64.1 Å². The zero-order valence-electron chi connectivity index (χ0n) is 10.7. The molecule has 0 fully saturated rings. The summed E-state index contributed by atoms with van der Waals surface area (Å²) in [5, 5.41) is 3.19. The molecular formula is C15H14BrF2NO. The fraction of sp³-hybridized carbons (Fsp3) is 0.200. The van der Waals surface area contributed by atoms with Crippen LogP contribution in [0.3, 0.4) is 0 Å². The summed E-state index contributed by atoms with van der Waals surface area (Å²) >= 11 is 3.08. The minimum absolute atomic E-state index is 0.0351. The molecule has 0 heterocycles. The number of rotatable bonds is 6. The van der Waals surface area contributed by atoms with Gasteiger partial charge in [-0.25, -0.2) is 8.78 Å². The quantitative estimate of drug-likeness (QED) is 0.804. The molecule has 0 saturated heterocycles. The Hall–Kier alpha value is -1.46. The normalized spacial score (nSPS) is 10.6. The first kappa shape index (κ1) is 14.9. The Bertz CT molecular complexity index is 540. The largest absolute Gasteiger partial charge is 0.488 e. The van der Waals surface area contributed by atoms with Crippen LogP contribution in [0.15, 0.2) is 46.9 Å². The molecule has 2 aromatic carbocycles. The van der Waals surface area contributed by atoms with Crippen molar-refractivity contribution in [1.82, 2.24) is 5.32 Å². The van der Waals surface area contributed by atoms with E-state index >= 15 is 0 Å². The molecule has 0 radical (unpaired) electrons. The van der Waals surface area contributed by atoms with Crippen molar-refractivity contribution >= 4 is 15.9 Å². The Kier molecular flexibility index (Phi) is 5.49. The lowest BCUT2D eigenvalue weighted by atomic mass is 10.2. The van der Waals surface area contributed by atoms with Crippen LogP contribution in [0.2, 0.25) is 0 Å². The van der Waals surface area contributed by atoms with Gasteiger partial charge in [-0.3, -0.25) is 0 Å². The number of ether oxygens (including phenoxy) is 1. The minimum atomic E-state index is -0.708. The maximum Gasteiger partial charge on any atom is 0.169 e. The zero-order valence-corrected chi connectivity index (χ0v) is 12.3. The smallest absolute Gasteiger partial charge is 0.169 e. The van der Waals surface area contributed by atoms with Gasteiger partial charge in [0.25, 0.3) is 0 Å². The van der Waals surface area contributed by atoms with Crippen molar-refractivity contribution in [3.63, 3.8) is 0 Å². The Balaban J connectivity index is 1.76. The molecule has 2 rings (SSSR count). The summed E-state index contributed by atoms with van der Waals surface area (Å²) in [6, 6.07) is 11.9. The van der Waals surface area contributed by atoms with E-state index in [0.717, 1.165) is 12.6 Å². The lowest BCUT2D eigenvalue weighted by Gasteiger charge is -2.10. The first-order valence-corrected chi connectivity index (χ1v) is 6.98. The Morgan fingerprint density at radius 2 is 1.85 bits per heavy atom. The topological polar surface area (TPSA) is 21.3 Å². The van der Waals surface area contributed by atoms with Gasteiger partial charge in [-0.2, -0.15) is 0 Å². The highest BCUT2D eigenvalue weighted by Gasteiger charge is 2.10. The van der Waals surface area contributed by atoms with E-state index in [1.54, 1.807) is 0 Å². The highest BCUT2D eigenvalue weighted by molar-refractivity contribution is 9.10. The third kappa shape index (κ3) is 4.28. The van der Waals surface area contributed by atoms with Gasteiger partial charge in [0.2, 0.25) is 0 Å². The van der Waals surface area contributed by atoms with Crippen molar-refractivity contribution in [2.45, 2.75) is 6.54 Å². The molecule has 5 heteroatoms. The summed E-state index contributed by atoms with van der Waals surface area (Å²) in [6.45, 7) is 1.59. The van der Waals surface area contributed by atoms with Crippen LogP contribution in [-0.2, 0) is 6.54 Å². The molecule has 0 aliphatic rings. The van der Waals surface area contributed by atoms with Crippen LogP contribution in [0.5, 0.6) is 5.75 Å². The molecule has 0 atom stereocenters. The molecule has 0 aliphatic carbocycles. The number of benzene rings is 2. The van der Waals surface area contributed by atoms with Crippen LogP contribution in [0.1, 0.15) is 5.56 Å². The molecule has 0 bridgehead atoms. The minimum Gasteiger partial charge on any atom is -0.488 e. The maximum absolute atomic E-state index is 13.5. The van der Waals surface area contributed by atoms with E-state index in [0.29, 0.717) is 13.2 Å². The van der Waals surface area contributed by atoms with Crippen molar-refractivity contribution < 1.29 is 13.5 Å². The summed E-state index contributed by atoms with van der Waals surface area (Å²) in [7, 11) is 0. The van der Waals surface area contributed by atoms with Crippen molar-refractivity contribution in [3.8, 4) is 5.75 Å². The molecule has 0 spiro atoms. The first-order chi connectivity index (χ1) is 9.66. The number of hydrogen-bond donors (Lipinski definition) is 1. The van der Waals surface area contributed by atoms with Gasteiger partial charge >= 0.3 is 0 Å². The SMILES string of the molecule is Fc1cc(F)c(OCCNCc2ccccc2)c(Br)c1. The van der Waals surface area contributed by atoms with Crippen LogP contribution in [0.4, 0.5) is 8.78 Å². The van der Waals surface area contributed by atoms with E-state index in [1.807, 2.05) is 30.3 Å². The van der Waals surface area contributed by atoms with E-state index in [1.165, 1.54) is 11.6 Å². The molecule has 2 nitrogen and oxygen atoms in total. The number of hydrogen-bond acceptors (Lipinski definition) is 2. The van der Waals surface area contributed by atoms with Crippen LogP contribution in [0.25, 0.3) is 0 Å². The summed E-state index contributed by atoms with van der Waals surface area (Å²) in [5.41, 5.74) is 1.17. The highest BCUT2D eigenvalue weighted by Crippen LogP contribution is 2.28.